The van der Waals surface area contributed by atoms with Crippen LogP contribution in [-0.2, 0) is 21.3 Å². The monoisotopic (exact) mass is 544 g/mol. The fraction of sp³-hybridized carbons (Fsp3) is 0.133. The summed E-state index contributed by atoms with van der Waals surface area (Å²) in [5.74, 6) is -0.371. The Morgan fingerprint density at radius 2 is 1.00 bits per heavy atom. The van der Waals surface area contributed by atoms with Gasteiger partial charge in [-0.05, 0) is 59.7 Å². The van der Waals surface area contributed by atoms with Crippen molar-refractivity contribution < 1.29 is 27.5 Å². The Balaban J connectivity index is 1.51. The van der Waals surface area contributed by atoms with Crippen molar-refractivity contribution in [2.45, 2.75) is 11.5 Å². The number of hydrogen-bond acceptors (Lipinski definition) is 6. The second-order valence-electron chi connectivity index (χ2n) is 8.74. The highest BCUT2D eigenvalue weighted by Gasteiger charge is 2.18. The molecule has 0 aliphatic carbocycles. The summed E-state index contributed by atoms with van der Waals surface area (Å²) in [6.07, 6.45) is 0. The first-order chi connectivity index (χ1) is 18.8. The van der Waals surface area contributed by atoms with E-state index in [4.69, 9.17) is 9.47 Å². The number of carbonyl (C=O) groups excluding carboxylic acids is 2. The normalized spacial score (nSPS) is 10.9. The third-order valence-electron chi connectivity index (χ3n) is 5.87. The van der Waals surface area contributed by atoms with Crippen LogP contribution in [0.2, 0.25) is 0 Å². The molecule has 0 atom stereocenters. The molecule has 4 rings (SSSR count). The summed E-state index contributed by atoms with van der Waals surface area (Å²) in [7, 11) is -0.681. The number of benzene rings is 4. The summed E-state index contributed by atoms with van der Waals surface area (Å²) in [5, 5.41) is 5.59. The van der Waals surface area contributed by atoms with Gasteiger partial charge < -0.3 is 20.1 Å². The average molecular weight is 545 g/mol. The molecule has 0 saturated heterocycles. The first-order valence-corrected chi connectivity index (χ1v) is 13.9. The van der Waals surface area contributed by atoms with E-state index >= 15 is 0 Å². The van der Waals surface area contributed by atoms with Crippen molar-refractivity contribution in [2.75, 3.05) is 24.9 Å². The highest BCUT2D eigenvalue weighted by molar-refractivity contribution is 7.89. The zero-order valence-electron chi connectivity index (χ0n) is 21.5. The quantitative estimate of drug-likeness (QED) is 0.279. The minimum Gasteiger partial charge on any atom is -0.495 e. The standard InChI is InChI=1S/C30H28N2O6S/c1-37-27-15-13-21(17-25(27)31-29(33)23-9-5-3-6-10-23)19-39(35,36)20-22-14-16-28(38-2)26(18-22)32-30(34)24-11-7-4-8-12-24/h3-18H,19-20H2,1-2H3,(H,31,33)(H,32,34). The molecule has 8 nitrogen and oxygen atoms in total. The summed E-state index contributed by atoms with van der Waals surface area (Å²) in [4.78, 5) is 25.3. The second-order valence-corrected chi connectivity index (χ2v) is 10.8. The molecule has 0 saturated carbocycles. The zero-order valence-corrected chi connectivity index (χ0v) is 22.3. The number of amides is 2. The van der Waals surface area contributed by atoms with Crippen LogP contribution in [0.15, 0.2) is 97.1 Å². The van der Waals surface area contributed by atoms with E-state index in [1.54, 1.807) is 84.9 Å². The average Bonchev–Trinajstić information content (AvgIpc) is 2.94. The molecule has 0 aliphatic rings. The van der Waals surface area contributed by atoms with Crippen LogP contribution in [-0.4, -0.2) is 34.5 Å². The lowest BCUT2D eigenvalue weighted by atomic mass is 10.1. The molecule has 0 heterocycles. The van der Waals surface area contributed by atoms with Crippen LogP contribution >= 0.6 is 0 Å². The van der Waals surface area contributed by atoms with Gasteiger partial charge >= 0.3 is 0 Å². The second kappa shape index (κ2) is 12.3. The Hall–Kier alpha value is -4.63. The first kappa shape index (κ1) is 27.4. The molecule has 0 fully saturated rings. The molecule has 9 heteroatoms. The van der Waals surface area contributed by atoms with E-state index in [0.717, 1.165) is 0 Å². The predicted molar refractivity (Wildman–Crippen MR) is 151 cm³/mol. The van der Waals surface area contributed by atoms with Crippen molar-refractivity contribution in [2.24, 2.45) is 0 Å². The van der Waals surface area contributed by atoms with Crippen LogP contribution < -0.4 is 20.1 Å². The molecule has 0 unspecified atom stereocenters. The Bertz CT molecular complexity index is 1460. The maximum absolute atomic E-state index is 13.2. The molecule has 0 spiro atoms. The third-order valence-corrected chi connectivity index (χ3v) is 7.42. The number of sulfone groups is 1. The fourth-order valence-electron chi connectivity index (χ4n) is 4.01. The van der Waals surface area contributed by atoms with E-state index in [2.05, 4.69) is 10.6 Å². The van der Waals surface area contributed by atoms with Crippen molar-refractivity contribution in [3.05, 3.63) is 119 Å². The molecule has 0 radical (unpaired) electrons. The lowest BCUT2D eigenvalue weighted by Gasteiger charge is -2.14. The van der Waals surface area contributed by atoms with E-state index < -0.39 is 9.84 Å². The molecular formula is C30H28N2O6S. The van der Waals surface area contributed by atoms with Crippen molar-refractivity contribution in [3.63, 3.8) is 0 Å². The summed E-state index contributed by atoms with van der Waals surface area (Å²) >= 11 is 0. The topological polar surface area (TPSA) is 111 Å². The van der Waals surface area contributed by atoms with Gasteiger partial charge in [-0.2, -0.15) is 0 Å². The van der Waals surface area contributed by atoms with Crippen molar-refractivity contribution in [1.29, 1.82) is 0 Å². The number of carbonyl (C=O) groups is 2. The minimum absolute atomic E-state index is 0.261. The van der Waals surface area contributed by atoms with Crippen LogP contribution in [0.5, 0.6) is 11.5 Å². The van der Waals surface area contributed by atoms with E-state index in [1.165, 1.54) is 14.2 Å². The lowest BCUT2D eigenvalue weighted by molar-refractivity contribution is 0.101. The van der Waals surface area contributed by atoms with Gasteiger partial charge in [0.2, 0.25) is 0 Å². The van der Waals surface area contributed by atoms with Gasteiger partial charge in [0.05, 0.1) is 37.1 Å². The number of methoxy groups -OCH3 is 2. The molecule has 0 aliphatic heterocycles. The molecule has 2 N–H and O–H groups in total. The third kappa shape index (κ3) is 7.24. The molecule has 4 aromatic carbocycles. The van der Waals surface area contributed by atoms with E-state index in [1.807, 2.05) is 12.1 Å². The van der Waals surface area contributed by atoms with Crippen LogP contribution in [0, 0.1) is 0 Å². The summed E-state index contributed by atoms with van der Waals surface area (Å²) < 4.78 is 37.0. The van der Waals surface area contributed by atoms with Gasteiger partial charge in [-0.15, -0.1) is 0 Å². The molecule has 0 bridgehead atoms. The van der Waals surface area contributed by atoms with Crippen LogP contribution in [0.3, 0.4) is 0 Å². The summed E-state index contributed by atoms with van der Waals surface area (Å²) in [5.41, 5.74) is 2.65. The number of rotatable bonds is 10. The van der Waals surface area contributed by atoms with Crippen molar-refractivity contribution >= 4 is 33.0 Å². The van der Waals surface area contributed by atoms with Crippen LogP contribution in [0.25, 0.3) is 0 Å². The minimum atomic E-state index is -3.63. The van der Waals surface area contributed by atoms with Gasteiger partial charge in [0.1, 0.15) is 11.5 Å². The number of ether oxygens (including phenoxy) is 2. The summed E-state index contributed by atoms with van der Waals surface area (Å²) in [6.45, 7) is 0. The maximum atomic E-state index is 13.2. The molecule has 2 amide bonds. The Morgan fingerprint density at radius 3 is 1.36 bits per heavy atom. The van der Waals surface area contributed by atoms with E-state index in [9.17, 15) is 18.0 Å². The van der Waals surface area contributed by atoms with Crippen molar-refractivity contribution in [1.82, 2.24) is 0 Å². The van der Waals surface area contributed by atoms with Gasteiger partial charge in [0, 0.05) is 11.1 Å². The Kier molecular flexibility index (Phi) is 8.63. The number of nitrogens with one attached hydrogen (secondary N) is 2. The Labute approximate surface area is 227 Å². The highest BCUT2D eigenvalue weighted by Crippen LogP contribution is 2.29. The predicted octanol–water partition coefficient (Wildman–Crippen LogP) is 5.32. The van der Waals surface area contributed by atoms with Gasteiger partial charge in [0.25, 0.3) is 11.8 Å². The van der Waals surface area contributed by atoms with Crippen LogP contribution in [0.4, 0.5) is 11.4 Å². The van der Waals surface area contributed by atoms with Gasteiger partial charge in [-0.25, -0.2) is 8.42 Å². The largest absolute Gasteiger partial charge is 0.495 e. The molecule has 4 aromatic rings. The van der Waals surface area contributed by atoms with Crippen LogP contribution in [0.1, 0.15) is 31.8 Å². The summed E-state index contributed by atoms with van der Waals surface area (Å²) in [6, 6.07) is 27.1. The number of anilines is 2. The zero-order chi connectivity index (χ0) is 27.8. The number of hydrogen-bond donors (Lipinski definition) is 2. The Morgan fingerprint density at radius 1 is 0.615 bits per heavy atom. The molecule has 200 valence electrons. The SMILES string of the molecule is COc1ccc(CS(=O)(=O)Cc2ccc(OC)c(NC(=O)c3ccccc3)c2)cc1NC(=O)c1ccccc1. The molecule has 0 aromatic heterocycles. The fourth-order valence-corrected chi connectivity index (χ4v) is 5.49. The van der Waals surface area contributed by atoms with Gasteiger partial charge in [-0.3, -0.25) is 9.59 Å². The first-order valence-electron chi connectivity index (χ1n) is 12.0. The lowest BCUT2D eigenvalue weighted by Crippen LogP contribution is -2.14. The molecular weight excluding hydrogens is 516 g/mol. The highest BCUT2D eigenvalue weighted by atomic mass is 32.2. The van der Waals surface area contributed by atoms with E-state index in [0.29, 0.717) is 45.1 Å². The van der Waals surface area contributed by atoms with E-state index in [-0.39, 0.29) is 23.3 Å². The molecule has 39 heavy (non-hydrogen) atoms. The van der Waals surface area contributed by atoms with Crippen molar-refractivity contribution in [3.8, 4) is 11.5 Å². The van der Waals surface area contributed by atoms with Gasteiger partial charge in [-0.1, -0.05) is 48.5 Å². The smallest absolute Gasteiger partial charge is 0.255 e. The maximum Gasteiger partial charge on any atom is 0.255 e. The van der Waals surface area contributed by atoms with Gasteiger partial charge in [0.15, 0.2) is 9.84 Å².